The zero-order valence-electron chi connectivity index (χ0n) is 23.2. The lowest BCUT2D eigenvalue weighted by Crippen LogP contribution is -2.47. The fourth-order valence-corrected chi connectivity index (χ4v) is 4.97. The largest absolute Gasteiger partial charge is 0.492 e. The highest BCUT2D eigenvalue weighted by atomic mass is 16.6. The Hall–Kier alpha value is -3.59. The molecule has 1 aromatic heterocycles. The zero-order chi connectivity index (χ0) is 28.0. The van der Waals surface area contributed by atoms with Crippen LogP contribution < -0.4 is 15.4 Å². The van der Waals surface area contributed by atoms with Crippen molar-refractivity contribution in [3.8, 4) is 5.75 Å². The van der Waals surface area contributed by atoms with Crippen molar-refractivity contribution in [2.24, 2.45) is 0 Å². The molecule has 2 N–H and O–H groups in total. The summed E-state index contributed by atoms with van der Waals surface area (Å²) in [6.45, 7) is 8.22. The van der Waals surface area contributed by atoms with Crippen molar-refractivity contribution in [2.75, 3.05) is 33.3 Å². The van der Waals surface area contributed by atoms with Crippen LogP contribution in [-0.4, -0.2) is 68.1 Å². The van der Waals surface area contributed by atoms with Crippen LogP contribution in [0.4, 0.5) is 4.79 Å². The number of ether oxygens (including phenoxy) is 2. The van der Waals surface area contributed by atoms with E-state index in [2.05, 4.69) is 10.6 Å². The first-order chi connectivity index (χ1) is 18.7. The van der Waals surface area contributed by atoms with Gasteiger partial charge in [0.2, 0.25) is 5.91 Å². The Labute approximate surface area is 229 Å². The van der Waals surface area contributed by atoms with Crippen LogP contribution in [-0.2, 0) is 14.3 Å². The van der Waals surface area contributed by atoms with E-state index in [4.69, 9.17) is 13.9 Å². The summed E-state index contributed by atoms with van der Waals surface area (Å²) in [5.74, 6) is 0.245. The van der Waals surface area contributed by atoms with Crippen LogP contribution in [0.2, 0.25) is 0 Å². The van der Waals surface area contributed by atoms with Crippen LogP contribution >= 0.6 is 0 Å². The van der Waals surface area contributed by atoms with Gasteiger partial charge < -0.3 is 34.2 Å². The second-order valence-electron chi connectivity index (χ2n) is 11.0. The van der Waals surface area contributed by atoms with Gasteiger partial charge in [-0.25, -0.2) is 4.79 Å². The third-order valence-corrected chi connectivity index (χ3v) is 7.03. The first-order valence-corrected chi connectivity index (χ1v) is 13.6. The van der Waals surface area contributed by atoms with Gasteiger partial charge in [-0.05, 0) is 75.1 Å². The Morgan fingerprint density at radius 3 is 2.64 bits per heavy atom. The molecule has 0 aliphatic carbocycles. The molecule has 2 heterocycles. The van der Waals surface area contributed by atoms with Crippen LogP contribution in [0.3, 0.4) is 0 Å². The quantitative estimate of drug-likeness (QED) is 0.283. The number of aldehydes is 1. The number of furan rings is 1. The molecule has 1 saturated heterocycles. The number of nitrogens with zero attached hydrogens (tertiary/aromatic N) is 1. The van der Waals surface area contributed by atoms with Gasteiger partial charge in [0.05, 0.1) is 6.26 Å². The molecule has 1 aliphatic heterocycles. The van der Waals surface area contributed by atoms with Gasteiger partial charge in [0, 0.05) is 56.0 Å². The van der Waals surface area contributed by atoms with Crippen LogP contribution in [0.5, 0.6) is 5.75 Å². The van der Waals surface area contributed by atoms with Crippen molar-refractivity contribution in [3.63, 3.8) is 0 Å². The van der Waals surface area contributed by atoms with Crippen molar-refractivity contribution < 1.29 is 28.3 Å². The highest BCUT2D eigenvalue weighted by molar-refractivity contribution is 6.08. The second-order valence-corrected chi connectivity index (χ2v) is 11.0. The van der Waals surface area contributed by atoms with Gasteiger partial charge in [-0.1, -0.05) is 6.07 Å². The van der Waals surface area contributed by atoms with Crippen molar-refractivity contribution in [1.82, 2.24) is 15.5 Å². The van der Waals surface area contributed by atoms with Crippen molar-refractivity contribution in [3.05, 3.63) is 42.2 Å². The van der Waals surface area contributed by atoms with Crippen molar-refractivity contribution in [1.29, 1.82) is 0 Å². The normalized spacial score (nSPS) is 15.3. The summed E-state index contributed by atoms with van der Waals surface area (Å²) >= 11 is 0. The van der Waals surface area contributed by atoms with Gasteiger partial charge in [0.1, 0.15) is 29.8 Å². The summed E-state index contributed by atoms with van der Waals surface area (Å²) in [4.78, 5) is 37.6. The van der Waals surface area contributed by atoms with E-state index in [1.54, 1.807) is 18.2 Å². The number of amides is 2. The van der Waals surface area contributed by atoms with E-state index in [9.17, 15) is 14.4 Å². The number of fused-ring (bicyclic) bond motifs is 3. The number of benzene rings is 2. The zero-order valence-corrected chi connectivity index (χ0v) is 23.2. The maximum Gasteiger partial charge on any atom is 0.410 e. The van der Waals surface area contributed by atoms with Gasteiger partial charge in [0.25, 0.3) is 0 Å². The highest BCUT2D eigenvalue weighted by Crippen LogP contribution is 2.36. The molecule has 1 atom stereocenters. The highest BCUT2D eigenvalue weighted by Gasteiger charge is 2.26. The fourth-order valence-electron chi connectivity index (χ4n) is 4.97. The molecular weight excluding hydrogens is 498 g/mol. The van der Waals surface area contributed by atoms with Gasteiger partial charge in [0.15, 0.2) is 0 Å². The molecule has 4 rings (SSSR count). The smallest absolute Gasteiger partial charge is 0.410 e. The van der Waals surface area contributed by atoms with Crippen LogP contribution in [0.15, 0.2) is 41.0 Å². The van der Waals surface area contributed by atoms with Crippen LogP contribution in [0.25, 0.3) is 21.7 Å². The van der Waals surface area contributed by atoms with Gasteiger partial charge >= 0.3 is 6.09 Å². The number of rotatable bonds is 10. The molecule has 0 saturated carbocycles. The predicted molar refractivity (Wildman–Crippen MR) is 150 cm³/mol. The summed E-state index contributed by atoms with van der Waals surface area (Å²) < 4.78 is 17.2. The molecule has 2 aromatic carbocycles. The summed E-state index contributed by atoms with van der Waals surface area (Å²) in [5.41, 5.74) is 1.02. The monoisotopic (exact) mass is 537 g/mol. The minimum atomic E-state index is -0.481. The second kappa shape index (κ2) is 12.5. The van der Waals surface area contributed by atoms with E-state index in [1.807, 2.05) is 51.1 Å². The molecule has 210 valence electrons. The summed E-state index contributed by atoms with van der Waals surface area (Å²) in [7, 11) is 1.59. The maximum absolute atomic E-state index is 12.2. The lowest BCUT2D eigenvalue weighted by atomic mass is 9.92. The Morgan fingerprint density at radius 2 is 1.95 bits per heavy atom. The van der Waals surface area contributed by atoms with E-state index in [0.29, 0.717) is 44.3 Å². The maximum atomic E-state index is 12.2. The number of carbonyl (C=O) groups excluding carboxylic acids is 3. The summed E-state index contributed by atoms with van der Waals surface area (Å²) in [6, 6.07) is 10.1. The third kappa shape index (κ3) is 7.29. The topological polar surface area (TPSA) is 110 Å². The van der Waals surface area contributed by atoms with Crippen molar-refractivity contribution >= 4 is 40.0 Å². The van der Waals surface area contributed by atoms with Crippen LogP contribution in [0, 0.1) is 0 Å². The average molecular weight is 538 g/mol. The number of piperidine rings is 1. The summed E-state index contributed by atoms with van der Waals surface area (Å²) in [5, 5.41) is 8.99. The minimum absolute atomic E-state index is 0.0953. The number of hydrogen-bond donors (Lipinski definition) is 2. The standard InChI is InChI=1S/C30H39N3O6/c1-30(2,3)39-29(36)33-14-11-22(12-15-33)32-13-16-37-23-7-8-24-20(17-23)5-9-26-28(24)25(19-38-26)21(18-34)6-10-27(35)31-4/h5,7-9,17-19,21-22,32H,6,10-16H2,1-4H3,(H,31,35). The van der Waals surface area contributed by atoms with Crippen LogP contribution in [0.1, 0.15) is 57.9 Å². The van der Waals surface area contributed by atoms with Gasteiger partial charge in [-0.3, -0.25) is 4.79 Å². The Kier molecular flexibility index (Phi) is 9.12. The molecule has 9 heteroatoms. The molecule has 9 nitrogen and oxygen atoms in total. The molecule has 0 bridgehead atoms. The van der Waals surface area contributed by atoms with E-state index in [1.165, 1.54) is 0 Å². The van der Waals surface area contributed by atoms with Gasteiger partial charge in [-0.15, -0.1) is 0 Å². The predicted octanol–water partition coefficient (Wildman–Crippen LogP) is 4.76. The minimum Gasteiger partial charge on any atom is -0.492 e. The van der Waals surface area contributed by atoms with Crippen molar-refractivity contribution in [2.45, 2.75) is 64.0 Å². The molecule has 1 unspecified atom stereocenters. The third-order valence-electron chi connectivity index (χ3n) is 7.03. The molecule has 39 heavy (non-hydrogen) atoms. The first-order valence-electron chi connectivity index (χ1n) is 13.6. The molecular formula is C30H39N3O6. The lowest BCUT2D eigenvalue weighted by molar-refractivity contribution is -0.120. The van der Waals surface area contributed by atoms with E-state index >= 15 is 0 Å². The SMILES string of the molecule is CNC(=O)CCC(C=O)c1coc2ccc3cc(OCCNC4CCN(C(=O)OC(C)(C)C)CC4)ccc3c12. The number of carbonyl (C=O) groups is 3. The van der Waals surface area contributed by atoms with E-state index < -0.39 is 11.5 Å². The first kappa shape index (κ1) is 28.4. The summed E-state index contributed by atoms with van der Waals surface area (Å²) in [6.07, 6.45) is 4.71. The fraction of sp³-hybridized carbons (Fsp3) is 0.500. The molecule has 0 radical (unpaired) electrons. The molecule has 2 amide bonds. The number of hydrogen-bond acceptors (Lipinski definition) is 7. The average Bonchev–Trinajstić information content (AvgIpc) is 3.35. The lowest BCUT2D eigenvalue weighted by Gasteiger charge is -2.33. The Bertz CT molecular complexity index is 1300. The Morgan fingerprint density at radius 1 is 1.18 bits per heavy atom. The Balaban J connectivity index is 1.32. The van der Waals surface area contributed by atoms with Gasteiger partial charge in [-0.2, -0.15) is 0 Å². The molecule has 1 aliphatic rings. The van der Waals surface area contributed by atoms with E-state index in [-0.39, 0.29) is 18.4 Å². The molecule has 3 aromatic rings. The molecule has 0 spiro atoms. The molecule has 1 fully saturated rings. The van der Waals surface area contributed by atoms with E-state index in [0.717, 1.165) is 46.6 Å². The number of likely N-dealkylation sites (tertiary alicyclic amines) is 1. The number of nitrogens with one attached hydrogen (secondary N) is 2.